The zero-order valence-corrected chi connectivity index (χ0v) is 15.1. The molecule has 9 heteroatoms. The number of hydrogen-bond donors (Lipinski definition) is 2. The van der Waals surface area contributed by atoms with Gasteiger partial charge in [0.2, 0.25) is 11.8 Å². The van der Waals surface area contributed by atoms with Crippen molar-refractivity contribution >= 4 is 34.8 Å². The lowest BCUT2D eigenvalue weighted by Gasteiger charge is -2.29. The van der Waals surface area contributed by atoms with Crippen molar-refractivity contribution in [2.24, 2.45) is 0 Å². The zero-order valence-electron chi connectivity index (χ0n) is 14.4. The van der Waals surface area contributed by atoms with Crippen LogP contribution in [-0.4, -0.2) is 23.4 Å². The minimum Gasteiger partial charge on any atom is -0.323 e. The van der Waals surface area contributed by atoms with Gasteiger partial charge in [0.25, 0.3) is 0 Å². The number of amides is 2. The molecule has 0 saturated carbocycles. The monoisotopic (exact) mass is 409 g/mol. The van der Waals surface area contributed by atoms with Crippen LogP contribution in [0.25, 0.3) is 5.70 Å². The van der Waals surface area contributed by atoms with Gasteiger partial charge >= 0.3 is 6.18 Å². The van der Waals surface area contributed by atoms with Crippen molar-refractivity contribution < 1.29 is 22.8 Å². The van der Waals surface area contributed by atoms with Crippen molar-refractivity contribution in [3.63, 3.8) is 0 Å². The lowest BCUT2D eigenvalue weighted by molar-refractivity contribution is -0.137. The Balaban J connectivity index is 1.70. The van der Waals surface area contributed by atoms with E-state index in [0.29, 0.717) is 5.70 Å². The number of nitrogens with one attached hydrogen (secondary N) is 2. The van der Waals surface area contributed by atoms with Crippen LogP contribution >= 0.6 is 11.6 Å². The summed E-state index contributed by atoms with van der Waals surface area (Å²) in [7, 11) is 0. The minimum absolute atomic E-state index is 0.0378. The Kier molecular flexibility index (Phi) is 5.60. The Bertz CT molecular complexity index is 930. The van der Waals surface area contributed by atoms with Crippen molar-refractivity contribution in [3.8, 4) is 0 Å². The molecule has 1 aliphatic heterocycles. The lowest BCUT2D eigenvalue weighted by atomic mass is 10.1. The Morgan fingerprint density at radius 3 is 2.57 bits per heavy atom. The van der Waals surface area contributed by atoms with Crippen LogP contribution in [0.4, 0.5) is 18.9 Å². The highest BCUT2D eigenvalue weighted by Crippen LogP contribution is 2.33. The van der Waals surface area contributed by atoms with Gasteiger partial charge in [-0.15, -0.1) is 0 Å². The second-order valence-electron chi connectivity index (χ2n) is 6.02. The van der Waals surface area contributed by atoms with E-state index in [1.165, 1.54) is 0 Å². The molecular formula is C19H15ClF3N3O2. The molecule has 0 spiro atoms. The molecule has 5 nitrogen and oxygen atoms in total. The van der Waals surface area contributed by atoms with Gasteiger partial charge in [-0.05, 0) is 29.8 Å². The molecule has 0 unspecified atom stereocenters. The SMILES string of the molecule is O=C(CN1NC(c2ccccc2)=CCC1=O)Nc1cc(C(F)(F)F)ccc1Cl. The molecule has 28 heavy (non-hydrogen) atoms. The molecule has 0 fully saturated rings. The smallest absolute Gasteiger partial charge is 0.323 e. The van der Waals surface area contributed by atoms with Gasteiger partial charge in [0.1, 0.15) is 6.54 Å². The molecule has 2 N–H and O–H groups in total. The molecule has 0 aromatic heterocycles. The van der Waals surface area contributed by atoms with Gasteiger partial charge in [-0.3, -0.25) is 15.0 Å². The fourth-order valence-electron chi connectivity index (χ4n) is 2.61. The molecular weight excluding hydrogens is 395 g/mol. The predicted octanol–water partition coefficient (Wildman–Crippen LogP) is 4.08. The number of benzene rings is 2. The van der Waals surface area contributed by atoms with E-state index in [9.17, 15) is 22.8 Å². The third kappa shape index (κ3) is 4.64. The molecule has 0 atom stereocenters. The van der Waals surface area contributed by atoms with Crippen LogP contribution in [0.3, 0.4) is 0 Å². The molecule has 0 saturated heterocycles. The normalized spacial score (nSPS) is 14.4. The van der Waals surface area contributed by atoms with Gasteiger partial charge in [-0.2, -0.15) is 13.2 Å². The molecule has 3 rings (SSSR count). The highest BCUT2D eigenvalue weighted by molar-refractivity contribution is 6.33. The summed E-state index contributed by atoms with van der Waals surface area (Å²) in [6, 6.07) is 11.8. The summed E-state index contributed by atoms with van der Waals surface area (Å²) in [6.45, 7) is -0.393. The summed E-state index contributed by atoms with van der Waals surface area (Å²) in [5.74, 6) is -1.03. The second kappa shape index (κ2) is 7.93. The van der Waals surface area contributed by atoms with Crippen LogP contribution in [-0.2, 0) is 15.8 Å². The summed E-state index contributed by atoms with van der Waals surface area (Å²) in [5, 5.41) is 3.39. The number of rotatable bonds is 4. The summed E-state index contributed by atoms with van der Waals surface area (Å²) < 4.78 is 38.5. The molecule has 2 aromatic rings. The van der Waals surface area contributed by atoms with E-state index in [2.05, 4.69) is 10.7 Å². The van der Waals surface area contributed by atoms with Gasteiger partial charge in [0.05, 0.1) is 22.0 Å². The molecule has 1 aliphatic rings. The minimum atomic E-state index is -4.57. The molecule has 1 heterocycles. The largest absolute Gasteiger partial charge is 0.416 e. The first-order chi connectivity index (χ1) is 13.2. The Morgan fingerprint density at radius 1 is 1.18 bits per heavy atom. The third-order valence-electron chi connectivity index (χ3n) is 3.99. The maximum atomic E-state index is 12.8. The fourth-order valence-corrected chi connectivity index (χ4v) is 2.78. The van der Waals surface area contributed by atoms with Gasteiger partial charge in [0.15, 0.2) is 0 Å². The lowest BCUT2D eigenvalue weighted by Crippen LogP contribution is -2.48. The van der Waals surface area contributed by atoms with Gasteiger partial charge in [0, 0.05) is 6.42 Å². The van der Waals surface area contributed by atoms with E-state index in [0.717, 1.165) is 28.8 Å². The van der Waals surface area contributed by atoms with Crippen LogP contribution in [0, 0.1) is 0 Å². The van der Waals surface area contributed by atoms with Gasteiger partial charge < -0.3 is 5.32 Å². The topological polar surface area (TPSA) is 61.4 Å². The average Bonchev–Trinajstić information content (AvgIpc) is 2.65. The molecule has 2 amide bonds. The number of carbonyl (C=O) groups is 2. The molecule has 0 bridgehead atoms. The first-order valence-corrected chi connectivity index (χ1v) is 8.61. The highest BCUT2D eigenvalue weighted by atomic mass is 35.5. The van der Waals surface area contributed by atoms with E-state index in [-0.39, 0.29) is 23.0 Å². The highest BCUT2D eigenvalue weighted by Gasteiger charge is 2.31. The number of hydrazine groups is 1. The van der Waals surface area contributed by atoms with Gasteiger partial charge in [-0.25, -0.2) is 5.01 Å². The summed E-state index contributed by atoms with van der Waals surface area (Å²) in [6.07, 6.45) is -2.77. The van der Waals surface area contributed by atoms with Crippen LogP contribution in [0.15, 0.2) is 54.6 Å². The van der Waals surface area contributed by atoms with Crippen LogP contribution in [0.2, 0.25) is 5.02 Å². The average molecular weight is 410 g/mol. The third-order valence-corrected chi connectivity index (χ3v) is 4.32. The summed E-state index contributed by atoms with van der Waals surface area (Å²) in [5.41, 5.74) is 3.24. The first kappa shape index (κ1) is 19.8. The maximum Gasteiger partial charge on any atom is 0.416 e. The quantitative estimate of drug-likeness (QED) is 0.800. The first-order valence-electron chi connectivity index (χ1n) is 8.23. The molecule has 0 aliphatic carbocycles. The standard InChI is InChI=1S/C19H15ClF3N3O2/c20-14-7-6-13(19(21,22)23)10-16(14)24-17(27)11-26-18(28)9-8-15(25-26)12-4-2-1-3-5-12/h1-8,10,25H,9,11H2,(H,24,27). The van der Waals surface area contributed by atoms with E-state index < -0.39 is 24.2 Å². The van der Waals surface area contributed by atoms with Crippen molar-refractivity contribution in [3.05, 3.63) is 70.8 Å². The number of anilines is 1. The summed E-state index contributed by atoms with van der Waals surface area (Å²) >= 11 is 5.88. The molecule has 0 radical (unpaired) electrons. The molecule has 146 valence electrons. The summed E-state index contributed by atoms with van der Waals surface area (Å²) in [4.78, 5) is 24.4. The number of hydrogen-bond acceptors (Lipinski definition) is 3. The van der Waals surface area contributed by atoms with Gasteiger partial charge in [-0.1, -0.05) is 41.9 Å². The van der Waals surface area contributed by atoms with Crippen molar-refractivity contribution in [1.29, 1.82) is 0 Å². The number of nitrogens with zero attached hydrogens (tertiary/aromatic N) is 1. The van der Waals surface area contributed by atoms with Crippen molar-refractivity contribution in [2.45, 2.75) is 12.6 Å². The maximum absolute atomic E-state index is 12.8. The Hall–Kier alpha value is -3.00. The predicted molar refractivity (Wildman–Crippen MR) is 99.0 cm³/mol. The fraction of sp³-hybridized carbons (Fsp3) is 0.158. The molecule has 2 aromatic carbocycles. The van der Waals surface area contributed by atoms with Crippen LogP contribution < -0.4 is 10.7 Å². The number of alkyl halides is 3. The number of halogens is 4. The van der Waals surface area contributed by atoms with E-state index >= 15 is 0 Å². The number of carbonyl (C=O) groups excluding carboxylic acids is 2. The van der Waals surface area contributed by atoms with E-state index in [1.807, 2.05) is 30.3 Å². The Morgan fingerprint density at radius 2 is 1.89 bits per heavy atom. The zero-order chi connectivity index (χ0) is 20.3. The second-order valence-corrected chi connectivity index (χ2v) is 6.43. The van der Waals surface area contributed by atoms with Crippen molar-refractivity contribution in [2.75, 3.05) is 11.9 Å². The Labute approximate surface area is 163 Å². The van der Waals surface area contributed by atoms with E-state index in [1.54, 1.807) is 6.08 Å². The van der Waals surface area contributed by atoms with Crippen LogP contribution in [0.5, 0.6) is 0 Å². The van der Waals surface area contributed by atoms with E-state index in [4.69, 9.17) is 11.6 Å². The van der Waals surface area contributed by atoms with Crippen molar-refractivity contribution in [1.82, 2.24) is 10.4 Å². The van der Waals surface area contributed by atoms with Crippen LogP contribution in [0.1, 0.15) is 17.5 Å².